The summed E-state index contributed by atoms with van der Waals surface area (Å²) in [6.07, 6.45) is 5.94. The minimum atomic E-state index is 0.478. The lowest BCUT2D eigenvalue weighted by Gasteiger charge is -2.22. The van der Waals surface area contributed by atoms with E-state index in [2.05, 4.69) is 19.8 Å². The van der Waals surface area contributed by atoms with Crippen LogP contribution >= 0.6 is 11.6 Å². The van der Waals surface area contributed by atoms with Crippen LogP contribution in [0.5, 0.6) is 0 Å². The summed E-state index contributed by atoms with van der Waals surface area (Å²) < 4.78 is 0. The quantitative estimate of drug-likeness (QED) is 0.802. The third-order valence-corrected chi connectivity index (χ3v) is 3.21. The van der Waals surface area contributed by atoms with Crippen molar-refractivity contribution in [2.75, 3.05) is 38.1 Å². The van der Waals surface area contributed by atoms with Crippen molar-refractivity contribution in [3.63, 3.8) is 0 Å². The second-order valence-corrected chi connectivity index (χ2v) is 4.50. The average Bonchev–Trinajstić information content (AvgIpc) is 2.79. The average molecular weight is 241 g/mol. The van der Waals surface area contributed by atoms with Gasteiger partial charge in [-0.1, -0.05) is 11.6 Å². The standard InChI is InChI=1S/C11H17ClN4/c1-15(8-9-16-6-2-3-7-16)11-10(12)13-4-5-14-11/h4-5H,2-3,6-9H2,1H3. The van der Waals surface area contributed by atoms with Gasteiger partial charge >= 0.3 is 0 Å². The summed E-state index contributed by atoms with van der Waals surface area (Å²) in [5, 5.41) is 0.478. The summed E-state index contributed by atoms with van der Waals surface area (Å²) in [5.74, 6) is 0.767. The fraction of sp³-hybridized carbons (Fsp3) is 0.636. The summed E-state index contributed by atoms with van der Waals surface area (Å²) in [6, 6.07) is 0. The highest BCUT2D eigenvalue weighted by Crippen LogP contribution is 2.18. The van der Waals surface area contributed by atoms with Gasteiger partial charge in [0.1, 0.15) is 0 Å². The van der Waals surface area contributed by atoms with Gasteiger partial charge in [-0.05, 0) is 25.9 Å². The van der Waals surface area contributed by atoms with Crippen molar-refractivity contribution in [3.05, 3.63) is 17.5 Å². The molecule has 1 saturated heterocycles. The Labute approximate surface area is 101 Å². The van der Waals surface area contributed by atoms with E-state index < -0.39 is 0 Å². The van der Waals surface area contributed by atoms with Crippen molar-refractivity contribution in [3.8, 4) is 0 Å². The van der Waals surface area contributed by atoms with Crippen molar-refractivity contribution in [2.24, 2.45) is 0 Å². The predicted octanol–water partition coefficient (Wildman–Crippen LogP) is 1.66. The summed E-state index contributed by atoms with van der Waals surface area (Å²) in [6.45, 7) is 4.46. The predicted molar refractivity (Wildman–Crippen MR) is 66.0 cm³/mol. The Morgan fingerprint density at radius 3 is 2.69 bits per heavy atom. The van der Waals surface area contributed by atoms with Crippen molar-refractivity contribution in [2.45, 2.75) is 12.8 Å². The van der Waals surface area contributed by atoms with Gasteiger partial charge in [-0.2, -0.15) is 0 Å². The molecule has 0 bridgehead atoms. The zero-order valence-corrected chi connectivity index (χ0v) is 10.3. The first-order valence-corrected chi connectivity index (χ1v) is 6.05. The molecular weight excluding hydrogens is 224 g/mol. The molecule has 2 rings (SSSR count). The topological polar surface area (TPSA) is 32.3 Å². The van der Waals surface area contributed by atoms with Crippen LogP contribution in [0.25, 0.3) is 0 Å². The maximum atomic E-state index is 5.99. The number of nitrogens with zero attached hydrogens (tertiary/aromatic N) is 4. The van der Waals surface area contributed by atoms with Crippen LogP contribution in [0.2, 0.25) is 5.15 Å². The molecule has 0 spiro atoms. The molecule has 1 aromatic rings. The molecule has 0 radical (unpaired) electrons. The monoisotopic (exact) mass is 240 g/mol. The van der Waals surface area contributed by atoms with E-state index in [9.17, 15) is 0 Å². The van der Waals surface area contributed by atoms with Gasteiger partial charge in [0.2, 0.25) is 0 Å². The molecular formula is C11H17ClN4. The van der Waals surface area contributed by atoms with Gasteiger partial charge in [0.15, 0.2) is 11.0 Å². The maximum Gasteiger partial charge on any atom is 0.171 e. The number of hydrogen-bond acceptors (Lipinski definition) is 4. The van der Waals surface area contributed by atoms with Gasteiger partial charge in [0, 0.05) is 32.5 Å². The highest BCUT2D eigenvalue weighted by atomic mass is 35.5. The molecule has 4 nitrogen and oxygen atoms in total. The lowest BCUT2D eigenvalue weighted by atomic mass is 10.4. The summed E-state index contributed by atoms with van der Waals surface area (Å²) >= 11 is 5.99. The highest BCUT2D eigenvalue weighted by molar-refractivity contribution is 6.31. The van der Waals surface area contributed by atoms with E-state index in [4.69, 9.17) is 11.6 Å². The minimum Gasteiger partial charge on any atom is -0.356 e. The fourth-order valence-electron chi connectivity index (χ4n) is 1.97. The molecule has 88 valence electrons. The normalized spacial score (nSPS) is 16.6. The number of aromatic nitrogens is 2. The Balaban J connectivity index is 1.87. The van der Waals surface area contributed by atoms with Gasteiger partial charge in [-0.25, -0.2) is 9.97 Å². The van der Waals surface area contributed by atoms with Gasteiger partial charge in [-0.15, -0.1) is 0 Å². The van der Waals surface area contributed by atoms with Crippen LogP contribution in [0.1, 0.15) is 12.8 Å². The largest absolute Gasteiger partial charge is 0.356 e. The Morgan fingerprint density at radius 2 is 2.00 bits per heavy atom. The molecule has 0 atom stereocenters. The fourth-order valence-corrected chi connectivity index (χ4v) is 2.22. The van der Waals surface area contributed by atoms with E-state index in [1.807, 2.05) is 7.05 Å². The van der Waals surface area contributed by atoms with Gasteiger partial charge in [-0.3, -0.25) is 0 Å². The van der Waals surface area contributed by atoms with Gasteiger partial charge < -0.3 is 9.80 Å². The van der Waals surface area contributed by atoms with E-state index >= 15 is 0 Å². The number of rotatable bonds is 4. The van der Waals surface area contributed by atoms with E-state index in [1.54, 1.807) is 12.4 Å². The number of halogens is 1. The first-order chi connectivity index (χ1) is 7.77. The Bertz CT molecular complexity index is 339. The summed E-state index contributed by atoms with van der Waals surface area (Å²) in [5.41, 5.74) is 0. The Hall–Kier alpha value is -0.870. The first kappa shape index (κ1) is 11.6. The third-order valence-electron chi connectivity index (χ3n) is 2.95. The molecule has 5 heteroatoms. The number of anilines is 1. The van der Waals surface area contributed by atoms with Crippen molar-refractivity contribution in [1.82, 2.24) is 14.9 Å². The summed E-state index contributed by atoms with van der Waals surface area (Å²) in [4.78, 5) is 12.8. The lowest BCUT2D eigenvalue weighted by Crippen LogP contribution is -2.32. The first-order valence-electron chi connectivity index (χ1n) is 5.67. The number of likely N-dealkylation sites (tertiary alicyclic amines) is 1. The molecule has 2 heterocycles. The smallest absolute Gasteiger partial charge is 0.171 e. The molecule has 1 aliphatic rings. The lowest BCUT2D eigenvalue weighted by molar-refractivity contribution is 0.346. The number of hydrogen-bond donors (Lipinski definition) is 0. The van der Waals surface area contributed by atoms with E-state index in [0.717, 1.165) is 18.9 Å². The molecule has 0 N–H and O–H groups in total. The molecule has 0 aromatic carbocycles. The zero-order chi connectivity index (χ0) is 11.4. The van der Waals surface area contributed by atoms with Crippen molar-refractivity contribution < 1.29 is 0 Å². The van der Waals surface area contributed by atoms with Crippen molar-refractivity contribution >= 4 is 17.4 Å². The van der Waals surface area contributed by atoms with E-state index in [0.29, 0.717) is 5.15 Å². The van der Waals surface area contributed by atoms with Crippen LogP contribution in [-0.4, -0.2) is 48.1 Å². The molecule has 16 heavy (non-hydrogen) atoms. The second-order valence-electron chi connectivity index (χ2n) is 4.14. The minimum absolute atomic E-state index is 0.478. The van der Waals surface area contributed by atoms with Crippen LogP contribution in [0.15, 0.2) is 12.4 Å². The molecule has 0 unspecified atom stereocenters. The van der Waals surface area contributed by atoms with Crippen molar-refractivity contribution in [1.29, 1.82) is 0 Å². The maximum absolute atomic E-state index is 5.99. The molecule has 1 aromatic heterocycles. The highest BCUT2D eigenvalue weighted by Gasteiger charge is 2.13. The molecule has 0 amide bonds. The van der Waals surface area contributed by atoms with Crippen LogP contribution in [0.4, 0.5) is 5.82 Å². The third kappa shape index (κ3) is 2.83. The van der Waals surface area contributed by atoms with Crippen LogP contribution in [0, 0.1) is 0 Å². The molecule has 1 fully saturated rings. The molecule has 0 saturated carbocycles. The van der Waals surface area contributed by atoms with Gasteiger partial charge in [0.05, 0.1) is 0 Å². The number of likely N-dealkylation sites (N-methyl/N-ethyl adjacent to an activating group) is 1. The van der Waals surface area contributed by atoms with Gasteiger partial charge in [0.25, 0.3) is 0 Å². The second kappa shape index (κ2) is 5.46. The SMILES string of the molecule is CN(CCN1CCCC1)c1nccnc1Cl. The van der Waals surface area contributed by atoms with Crippen LogP contribution in [0.3, 0.4) is 0 Å². The zero-order valence-electron chi connectivity index (χ0n) is 9.56. The molecule has 0 aliphatic carbocycles. The molecule has 1 aliphatic heterocycles. The summed E-state index contributed by atoms with van der Waals surface area (Å²) in [7, 11) is 2.01. The van der Waals surface area contributed by atoms with Crippen LogP contribution < -0.4 is 4.90 Å². The van der Waals surface area contributed by atoms with E-state index in [1.165, 1.54) is 25.9 Å². The van der Waals surface area contributed by atoms with Crippen LogP contribution in [-0.2, 0) is 0 Å². The van der Waals surface area contributed by atoms with E-state index in [-0.39, 0.29) is 0 Å². The Kier molecular flexibility index (Phi) is 3.96. The Morgan fingerprint density at radius 1 is 1.31 bits per heavy atom.